The average molecular weight is 475 g/mol. The molecule has 0 N–H and O–H groups in total. The third-order valence-corrected chi connectivity index (χ3v) is 6.56. The molecule has 0 amide bonds. The molecule has 2 aromatic heterocycles. The Morgan fingerprint density at radius 2 is 2.06 bits per heavy atom. The first-order chi connectivity index (χ1) is 15.4. The highest BCUT2D eigenvalue weighted by molar-refractivity contribution is 6.33. The van der Waals surface area contributed by atoms with Crippen molar-refractivity contribution < 1.29 is 9.53 Å². The lowest BCUT2D eigenvalue weighted by Gasteiger charge is -2.43. The second kappa shape index (κ2) is 9.44. The molecule has 0 saturated carbocycles. The Bertz CT molecular complexity index is 1110. The number of hydrogen-bond donors (Lipinski definition) is 0. The molecular formula is C22H24Cl2N6O2. The number of aldehydes is 1. The van der Waals surface area contributed by atoms with Gasteiger partial charge in [-0.05, 0) is 32.0 Å². The van der Waals surface area contributed by atoms with Crippen molar-refractivity contribution in [2.75, 3.05) is 31.6 Å². The largest absolute Gasteiger partial charge is 0.495 e. The highest BCUT2D eigenvalue weighted by atomic mass is 35.5. The van der Waals surface area contributed by atoms with E-state index in [1.165, 1.54) is 6.33 Å². The van der Waals surface area contributed by atoms with Gasteiger partial charge in [0.25, 0.3) is 0 Å². The lowest BCUT2D eigenvalue weighted by molar-refractivity contribution is -0.117. The zero-order valence-electron chi connectivity index (χ0n) is 18.1. The highest BCUT2D eigenvalue weighted by Crippen LogP contribution is 2.33. The van der Waals surface area contributed by atoms with Crippen LogP contribution in [0.4, 0.5) is 5.69 Å². The Morgan fingerprint density at radius 3 is 2.72 bits per heavy atom. The van der Waals surface area contributed by atoms with E-state index >= 15 is 0 Å². The zero-order chi connectivity index (χ0) is 22.8. The number of piperazine rings is 1. The van der Waals surface area contributed by atoms with Gasteiger partial charge >= 0.3 is 0 Å². The SMILES string of the molecule is COc1cc(N2CCN(C(C=O)n3nc(-c4ccncn4)c(Cl)c3C)[C@@H](C)C2)ccc1Cl. The minimum absolute atomic E-state index is 0.0884. The van der Waals surface area contributed by atoms with Crippen LogP contribution in [-0.4, -0.2) is 63.7 Å². The molecule has 0 aliphatic carbocycles. The van der Waals surface area contributed by atoms with Crippen LogP contribution in [0.3, 0.4) is 0 Å². The Balaban J connectivity index is 1.57. The van der Waals surface area contributed by atoms with Gasteiger partial charge in [0, 0.05) is 43.6 Å². The van der Waals surface area contributed by atoms with Crippen molar-refractivity contribution in [1.29, 1.82) is 0 Å². The minimum atomic E-state index is -0.569. The van der Waals surface area contributed by atoms with Crippen LogP contribution in [0.25, 0.3) is 11.4 Å². The standard InChI is InChI=1S/C22H24Cl2N6O2/c1-14-11-28(16-4-5-17(23)19(10-16)32-3)8-9-29(14)20(12-31)30-15(2)21(24)22(27-30)18-6-7-25-13-26-18/h4-7,10,12-14,20H,8-9,11H2,1-3H3/t14-,20?/m0/s1. The van der Waals surface area contributed by atoms with E-state index in [9.17, 15) is 4.79 Å². The van der Waals surface area contributed by atoms with Crippen molar-refractivity contribution in [1.82, 2.24) is 24.6 Å². The summed E-state index contributed by atoms with van der Waals surface area (Å²) in [5, 5.41) is 5.71. The van der Waals surface area contributed by atoms with Gasteiger partial charge in [0.1, 0.15) is 17.8 Å². The molecule has 0 spiro atoms. The van der Waals surface area contributed by atoms with Crippen molar-refractivity contribution in [3.63, 3.8) is 0 Å². The summed E-state index contributed by atoms with van der Waals surface area (Å²) in [6.07, 6.45) is 3.43. The highest BCUT2D eigenvalue weighted by Gasteiger charge is 2.33. The van der Waals surface area contributed by atoms with E-state index in [0.29, 0.717) is 33.7 Å². The molecule has 4 rings (SSSR count). The molecule has 1 saturated heterocycles. The number of ether oxygens (including phenoxy) is 1. The van der Waals surface area contributed by atoms with Gasteiger partial charge in [0.2, 0.25) is 0 Å². The van der Waals surface area contributed by atoms with Crippen molar-refractivity contribution in [2.24, 2.45) is 0 Å². The van der Waals surface area contributed by atoms with Gasteiger partial charge in [-0.2, -0.15) is 5.10 Å². The number of benzene rings is 1. The lowest BCUT2D eigenvalue weighted by Crippen LogP contribution is -2.54. The van der Waals surface area contributed by atoms with E-state index in [0.717, 1.165) is 30.8 Å². The van der Waals surface area contributed by atoms with Gasteiger partial charge in [-0.25, -0.2) is 14.6 Å². The Hall–Kier alpha value is -2.68. The van der Waals surface area contributed by atoms with Gasteiger partial charge in [-0.1, -0.05) is 23.2 Å². The zero-order valence-corrected chi connectivity index (χ0v) is 19.6. The summed E-state index contributed by atoms with van der Waals surface area (Å²) >= 11 is 12.7. The van der Waals surface area contributed by atoms with Gasteiger partial charge in [0.15, 0.2) is 12.5 Å². The summed E-state index contributed by atoms with van der Waals surface area (Å²) in [6.45, 7) is 6.11. The molecular weight excluding hydrogens is 451 g/mol. The molecule has 168 valence electrons. The van der Waals surface area contributed by atoms with Crippen LogP contribution in [0.15, 0.2) is 36.8 Å². The second-order valence-corrected chi connectivity index (χ2v) is 8.47. The first-order valence-corrected chi connectivity index (χ1v) is 11.0. The lowest BCUT2D eigenvalue weighted by atomic mass is 10.1. The molecule has 1 aromatic carbocycles. The third-order valence-electron chi connectivity index (χ3n) is 5.79. The number of rotatable bonds is 6. The van der Waals surface area contributed by atoms with E-state index < -0.39 is 6.17 Å². The second-order valence-electron chi connectivity index (χ2n) is 7.69. The number of carbonyl (C=O) groups excluding carboxylic acids is 1. The molecule has 32 heavy (non-hydrogen) atoms. The third kappa shape index (κ3) is 4.18. The topological polar surface area (TPSA) is 76.4 Å². The van der Waals surface area contributed by atoms with E-state index in [2.05, 4.69) is 31.8 Å². The normalized spacial score (nSPS) is 17.9. The molecule has 2 atom stereocenters. The maximum Gasteiger partial charge on any atom is 0.161 e. The summed E-state index contributed by atoms with van der Waals surface area (Å²) in [7, 11) is 1.60. The fourth-order valence-corrected chi connectivity index (χ4v) is 4.49. The smallest absolute Gasteiger partial charge is 0.161 e. The number of nitrogens with zero attached hydrogens (tertiary/aromatic N) is 6. The Labute approximate surface area is 196 Å². The van der Waals surface area contributed by atoms with Crippen LogP contribution in [0.1, 0.15) is 18.8 Å². The number of anilines is 1. The van der Waals surface area contributed by atoms with Gasteiger partial charge in [-0.15, -0.1) is 0 Å². The fourth-order valence-electron chi connectivity index (χ4n) is 4.07. The Kier molecular flexibility index (Phi) is 6.64. The molecule has 0 radical (unpaired) electrons. The van der Waals surface area contributed by atoms with Crippen LogP contribution in [0, 0.1) is 6.92 Å². The number of methoxy groups -OCH3 is 1. The van der Waals surface area contributed by atoms with Crippen molar-refractivity contribution >= 4 is 35.2 Å². The summed E-state index contributed by atoms with van der Waals surface area (Å²) in [5.74, 6) is 0.643. The molecule has 0 bridgehead atoms. The molecule has 1 fully saturated rings. The van der Waals surface area contributed by atoms with Gasteiger partial charge in [-0.3, -0.25) is 9.69 Å². The van der Waals surface area contributed by atoms with Crippen LogP contribution in [-0.2, 0) is 4.79 Å². The van der Waals surface area contributed by atoms with Crippen molar-refractivity contribution in [2.45, 2.75) is 26.1 Å². The monoisotopic (exact) mass is 474 g/mol. The quantitative estimate of drug-likeness (QED) is 0.501. The van der Waals surface area contributed by atoms with E-state index in [4.69, 9.17) is 27.9 Å². The number of hydrogen-bond acceptors (Lipinski definition) is 7. The number of carbonyl (C=O) groups is 1. The summed E-state index contributed by atoms with van der Waals surface area (Å²) < 4.78 is 7.04. The molecule has 10 heteroatoms. The summed E-state index contributed by atoms with van der Waals surface area (Å²) in [6, 6.07) is 7.59. The Morgan fingerprint density at radius 1 is 1.25 bits per heavy atom. The predicted molar refractivity (Wildman–Crippen MR) is 124 cm³/mol. The molecule has 1 aliphatic rings. The number of halogens is 2. The first kappa shape index (κ1) is 22.5. The van der Waals surface area contributed by atoms with Crippen molar-refractivity contribution in [3.8, 4) is 17.1 Å². The van der Waals surface area contributed by atoms with E-state index in [1.807, 2.05) is 25.1 Å². The predicted octanol–water partition coefficient (Wildman–Crippen LogP) is 3.87. The average Bonchev–Trinajstić information content (AvgIpc) is 3.11. The molecule has 1 aliphatic heterocycles. The molecule has 3 aromatic rings. The van der Waals surface area contributed by atoms with Crippen LogP contribution in [0.2, 0.25) is 10.0 Å². The van der Waals surface area contributed by atoms with Crippen molar-refractivity contribution in [3.05, 3.63) is 52.5 Å². The minimum Gasteiger partial charge on any atom is -0.495 e. The van der Waals surface area contributed by atoms with Crippen LogP contribution >= 0.6 is 23.2 Å². The maximum absolute atomic E-state index is 12.2. The van der Waals surface area contributed by atoms with Crippen LogP contribution < -0.4 is 9.64 Å². The van der Waals surface area contributed by atoms with Gasteiger partial charge < -0.3 is 9.64 Å². The number of aromatic nitrogens is 4. The van der Waals surface area contributed by atoms with Gasteiger partial charge in [0.05, 0.1) is 28.5 Å². The summed E-state index contributed by atoms with van der Waals surface area (Å²) in [4.78, 5) is 24.8. The molecule has 8 nitrogen and oxygen atoms in total. The first-order valence-electron chi connectivity index (χ1n) is 10.2. The maximum atomic E-state index is 12.2. The summed E-state index contributed by atoms with van der Waals surface area (Å²) in [5.41, 5.74) is 2.91. The fraction of sp³-hybridized carbons (Fsp3) is 0.364. The molecule has 3 heterocycles. The van der Waals surface area contributed by atoms with E-state index in [1.54, 1.807) is 24.1 Å². The molecule has 1 unspecified atom stereocenters. The van der Waals surface area contributed by atoms with E-state index in [-0.39, 0.29) is 6.04 Å². The van der Waals surface area contributed by atoms with Crippen LogP contribution in [0.5, 0.6) is 5.75 Å².